The first-order chi connectivity index (χ1) is 10.6. The monoisotopic (exact) mass is 302 g/mol. The summed E-state index contributed by atoms with van der Waals surface area (Å²) in [4.78, 5) is 25.5. The van der Waals surface area contributed by atoms with E-state index in [1.165, 1.54) is 5.56 Å². The van der Waals surface area contributed by atoms with E-state index in [-0.39, 0.29) is 23.5 Å². The zero-order valence-electron chi connectivity index (χ0n) is 12.7. The number of phenolic OH excluding ortho intramolecular Hbond substituents is 1. The van der Waals surface area contributed by atoms with Crippen molar-refractivity contribution in [3.63, 3.8) is 0 Å². The number of rotatable bonds is 2. The summed E-state index contributed by atoms with van der Waals surface area (Å²) in [5, 5.41) is 10.2. The first kappa shape index (κ1) is 14.9. The molecule has 2 amide bonds. The molecule has 0 radical (unpaired) electrons. The molecule has 0 spiro atoms. The quantitative estimate of drug-likeness (QED) is 0.870. The van der Waals surface area contributed by atoms with Crippen LogP contribution < -0.4 is 5.73 Å². The number of likely N-dealkylation sites (tertiary alicyclic amines) is 1. The summed E-state index contributed by atoms with van der Waals surface area (Å²) in [7, 11) is 0. The SMILES string of the molecule is NC(=O)C1CCN(C(=O)c2cc3c(cc2O)CCCC3)CC1. The Kier molecular flexibility index (Phi) is 4.05. The number of carbonyl (C=O) groups is 2. The van der Waals surface area contributed by atoms with Gasteiger partial charge in [0, 0.05) is 19.0 Å². The van der Waals surface area contributed by atoms with Crippen LogP contribution in [0, 0.1) is 5.92 Å². The van der Waals surface area contributed by atoms with E-state index in [4.69, 9.17) is 5.73 Å². The van der Waals surface area contributed by atoms with E-state index in [1.54, 1.807) is 11.0 Å². The van der Waals surface area contributed by atoms with Crippen LogP contribution in [0.1, 0.15) is 47.2 Å². The molecule has 22 heavy (non-hydrogen) atoms. The van der Waals surface area contributed by atoms with Crippen LogP contribution >= 0.6 is 0 Å². The summed E-state index contributed by atoms with van der Waals surface area (Å²) >= 11 is 0. The molecule has 0 aromatic heterocycles. The Morgan fingerprint density at radius 1 is 1.09 bits per heavy atom. The average molecular weight is 302 g/mol. The number of phenols is 1. The number of fused-ring (bicyclic) bond motifs is 1. The second-order valence-electron chi connectivity index (χ2n) is 6.31. The minimum absolute atomic E-state index is 0.0719. The van der Waals surface area contributed by atoms with Gasteiger partial charge in [-0.05, 0) is 61.8 Å². The number of nitrogens with zero attached hydrogens (tertiary/aromatic N) is 1. The van der Waals surface area contributed by atoms with Crippen molar-refractivity contribution in [2.75, 3.05) is 13.1 Å². The molecule has 5 heteroatoms. The topological polar surface area (TPSA) is 83.6 Å². The summed E-state index contributed by atoms with van der Waals surface area (Å²) < 4.78 is 0. The zero-order valence-corrected chi connectivity index (χ0v) is 12.7. The largest absolute Gasteiger partial charge is 0.507 e. The molecule has 3 rings (SSSR count). The Bertz CT molecular complexity index is 604. The van der Waals surface area contributed by atoms with Gasteiger partial charge in [0.2, 0.25) is 5.91 Å². The van der Waals surface area contributed by atoms with Crippen LogP contribution in [0.3, 0.4) is 0 Å². The summed E-state index contributed by atoms with van der Waals surface area (Å²) in [6.45, 7) is 1.03. The molecule has 118 valence electrons. The minimum atomic E-state index is -0.288. The third-order valence-electron chi connectivity index (χ3n) is 4.88. The van der Waals surface area contributed by atoms with Crippen LogP contribution in [0.5, 0.6) is 5.75 Å². The van der Waals surface area contributed by atoms with Crippen molar-refractivity contribution in [1.82, 2.24) is 4.90 Å². The number of aryl methyl sites for hydroxylation is 2. The number of carbonyl (C=O) groups excluding carboxylic acids is 2. The molecule has 0 saturated carbocycles. The van der Waals surface area contributed by atoms with Gasteiger partial charge in [0.25, 0.3) is 5.91 Å². The lowest BCUT2D eigenvalue weighted by molar-refractivity contribution is -0.123. The van der Waals surface area contributed by atoms with Crippen molar-refractivity contribution in [1.29, 1.82) is 0 Å². The molecule has 5 nitrogen and oxygen atoms in total. The maximum Gasteiger partial charge on any atom is 0.257 e. The van der Waals surface area contributed by atoms with Crippen LogP contribution in [-0.2, 0) is 17.6 Å². The molecule has 0 unspecified atom stereocenters. The number of nitrogens with two attached hydrogens (primary N) is 1. The first-order valence-electron chi connectivity index (χ1n) is 7.99. The summed E-state index contributed by atoms with van der Waals surface area (Å²) in [5.74, 6) is -0.499. The predicted molar refractivity (Wildman–Crippen MR) is 82.6 cm³/mol. The molecule has 2 aliphatic rings. The van der Waals surface area contributed by atoms with Gasteiger partial charge in [-0.2, -0.15) is 0 Å². The molecule has 3 N–H and O–H groups in total. The minimum Gasteiger partial charge on any atom is -0.507 e. The number of piperidine rings is 1. The Hall–Kier alpha value is -2.04. The number of hydrogen-bond acceptors (Lipinski definition) is 3. The van der Waals surface area contributed by atoms with Crippen molar-refractivity contribution in [3.05, 3.63) is 28.8 Å². The Labute approximate surface area is 130 Å². The van der Waals surface area contributed by atoms with E-state index in [1.807, 2.05) is 6.07 Å². The second-order valence-corrected chi connectivity index (χ2v) is 6.31. The maximum atomic E-state index is 12.6. The second kappa shape index (κ2) is 5.99. The Morgan fingerprint density at radius 3 is 2.27 bits per heavy atom. The van der Waals surface area contributed by atoms with Gasteiger partial charge >= 0.3 is 0 Å². The first-order valence-corrected chi connectivity index (χ1v) is 7.99. The normalized spacial score (nSPS) is 18.8. The number of amides is 2. The molecule has 1 aliphatic carbocycles. The maximum absolute atomic E-state index is 12.6. The van der Waals surface area contributed by atoms with Crippen molar-refractivity contribution in [2.24, 2.45) is 11.7 Å². The highest BCUT2D eigenvalue weighted by molar-refractivity contribution is 5.97. The van der Waals surface area contributed by atoms with Crippen molar-refractivity contribution in [2.45, 2.75) is 38.5 Å². The lowest BCUT2D eigenvalue weighted by Crippen LogP contribution is -2.41. The number of hydrogen-bond donors (Lipinski definition) is 2. The molecule has 1 heterocycles. The Morgan fingerprint density at radius 2 is 1.68 bits per heavy atom. The van der Waals surface area contributed by atoms with E-state index >= 15 is 0 Å². The number of benzene rings is 1. The molecule has 1 aliphatic heterocycles. The van der Waals surface area contributed by atoms with Crippen LogP contribution in [0.25, 0.3) is 0 Å². The molecular weight excluding hydrogens is 280 g/mol. The van der Waals surface area contributed by atoms with Gasteiger partial charge in [0.1, 0.15) is 5.75 Å². The number of primary amides is 1. The van der Waals surface area contributed by atoms with Crippen LogP contribution in [0.15, 0.2) is 12.1 Å². The van der Waals surface area contributed by atoms with Gasteiger partial charge in [-0.3, -0.25) is 9.59 Å². The van der Waals surface area contributed by atoms with E-state index < -0.39 is 0 Å². The fourth-order valence-electron chi connectivity index (χ4n) is 3.48. The summed E-state index contributed by atoms with van der Waals surface area (Å²) in [6, 6.07) is 3.60. The van der Waals surface area contributed by atoms with Gasteiger partial charge in [0.05, 0.1) is 5.56 Å². The summed E-state index contributed by atoms with van der Waals surface area (Å²) in [5.41, 5.74) is 8.05. The van der Waals surface area contributed by atoms with Crippen LogP contribution in [-0.4, -0.2) is 34.9 Å². The van der Waals surface area contributed by atoms with Crippen molar-refractivity contribution < 1.29 is 14.7 Å². The molecular formula is C17H22N2O3. The highest BCUT2D eigenvalue weighted by Crippen LogP contribution is 2.30. The lowest BCUT2D eigenvalue weighted by atomic mass is 9.89. The standard InChI is InChI=1S/C17H22N2O3/c18-16(21)11-5-7-19(8-6-11)17(22)14-9-12-3-1-2-4-13(12)10-15(14)20/h9-11,20H,1-8H2,(H2,18,21). The van der Waals surface area contributed by atoms with Crippen molar-refractivity contribution >= 4 is 11.8 Å². The molecule has 0 atom stereocenters. The fraction of sp³-hybridized carbons (Fsp3) is 0.529. The third kappa shape index (κ3) is 2.80. The fourth-order valence-corrected chi connectivity index (χ4v) is 3.48. The summed E-state index contributed by atoms with van der Waals surface area (Å²) in [6.07, 6.45) is 5.43. The lowest BCUT2D eigenvalue weighted by Gasteiger charge is -2.31. The van der Waals surface area contributed by atoms with Gasteiger partial charge in [0.15, 0.2) is 0 Å². The van der Waals surface area contributed by atoms with Gasteiger partial charge in [-0.25, -0.2) is 0 Å². The van der Waals surface area contributed by atoms with Gasteiger partial charge < -0.3 is 15.7 Å². The van der Waals surface area contributed by atoms with E-state index in [9.17, 15) is 14.7 Å². The van der Waals surface area contributed by atoms with Crippen molar-refractivity contribution in [3.8, 4) is 5.75 Å². The zero-order chi connectivity index (χ0) is 15.7. The Balaban J connectivity index is 1.77. The van der Waals surface area contributed by atoms with E-state index in [0.717, 1.165) is 31.2 Å². The van der Waals surface area contributed by atoms with Gasteiger partial charge in [-0.15, -0.1) is 0 Å². The smallest absolute Gasteiger partial charge is 0.257 e. The number of aromatic hydroxyl groups is 1. The highest BCUT2D eigenvalue weighted by atomic mass is 16.3. The highest BCUT2D eigenvalue weighted by Gasteiger charge is 2.28. The van der Waals surface area contributed by atoms with E-state index in [2.05, 4.69) is 0 Å². The predicted octanol–water partition coefficient (Wildman–Crippen LogP) is 1.61. The van der Waals surface area contributed by atoms with Crippen LogP contribution in [0.2, 0.25) is 0 Å². The van der Waals surface area contributed by atoms with Gasteiger partial charge in [-0.1, -0.05) is 0 Å². The van der Waals surface area contributed by atoms with E-state index in [0.29, 0.717) is 31.5 Å². The molecule has 1 aromatic carbocycles. The third-order valence-corrected chi connectivity index (χ3v) is 4.88. The van der Waals surface area contributed by atoms with Crippen LogP contribution in [0.4, 0.5) is 0 Å². The molecule has 1 saturated heterocycles. The molecule has 0 bridgehead atoms. The molecule has 1 fully saturated rings. The molecule has 1 aromatic rings. The average Bonchev–Trinajstić information content (AvgIpc) is 2.53.